The molecule has 3 nitrogen and oxygen atoms in total. The van der Waals surface area contributed by atoms with Crippen LogP contribution in [0, 0.1) is 11.3 Å². The zero-order valence-corrected chi connectivity index (χ0v) is 21.2. The Hall–Kier alpha value is -2.69. The molecule has 5 rings (SSSR count). The van der Waals surface area contributed by atoms with Gasteiger partial charge in [-0.05, 0) is 42.7 Å². The van der Waals surface area contributed by atoms with Crippen LogP contribution in [0.2, 0.25) is 0 Å². The molecule has 0 aromatic heterocycles. The predicted molar refractivity (Wildman–Crippen MR) is 140 cm³/mol. The van der Waals surface area contributed by atoms with Gasteiger partial charge in [0.15, 0.2) is 26.6 Å². The maximum atomic E-state index is 11.3. The summed E-state index contributed by atoms with van der Waals surface area (Å²) in [5.41, 5.74) is 0.632. The average Bonchev–Trinajstić information content (AvgIpc) is 3.32. The molecule has 0 bridgehead atoms. The molecule has 0 radical (unpaired) electrons. The number of ether oxygens (including phenoxy) is 1. The summed E-state index contributed by atoms with van der Waals surface area (Å²) in [5, 5.41) is 11.4. The Bertz CT molecular complexity index is 1100. The Kier molecular flexibility index (Phi) is 5.99. The second-order valence-corrected chi connectivity index (χ2v) is 12.6. The maximum Gasteiger partial charge on any atom is 0.185 e. The first-order chi connectivity index (χ1) is 16.3. The van der Waals surface area contributed by atoms with E-state index < -0.39 is 5.72 Å². The summed E-state index contributed by atoms with van der Waals surface area (Å²) in [4.78, 5) is 4.73. The Morgan fingerprint density at radius 2 is 1.38 bits per heavy atom. The molecule has 3 aromatic rings. The first kappa shape index (κ1) is 23.1. The summed E-state index contributed by atoms with van der Waals surface area (Å²) >= 11 is 0. The van der Waals surface area contributed by atoms with Crippen molar-refractivity contribution in [3.8, 4) is 0 Å². The fraction of sp³-hybridized carbons (Fsp3) is 0.333. The zero-order valence-electron chi connectivity index (χ0n) is 20.4. The molecule has 0 amide bonds. The van der Waals surface area contributed by atoms with E-state index in [2.05, 4.69) is 130 Å². The summed E-state index contributed by atoms with van der Waals surface area (Å²) < 4.78 is 6.63. The van der Waals surface area contributed by atoms with Crippen LogP contribution >= 0.6 is 0 Å². The Morgan fingerprint density at radius 1 is 0.882 bits per heavy atom. The average molecular weight is 473 g/mol. The molecule has 1 fully saturated rings. The van der Waals surface area contributed by atoms with Crippen molar-refractivity contribution in [2.75, 3.05) is 6.61 Å². The second-order valence-electron chi connectivity index (χ2n) is 10.5. The number of hydrogen-bond donors (Lipinski definition) is 1. The van der Waals surface area contributed by atoms with Crippen LogP contribution < -0.4 is 0 Å². The van der Waals surface area contributed by atoms with E-state index in [1.54, 1.807) is 0 Å². The van der Waals surface area contributed by atoms with E-state index in [9.17, 15) is 5.11 Å². The topological polar surface area (TPSA) is 32.7 Å². The summed E-state index contributed by atoms with van der Waals surface area (Å²) in [6.07, 6.45) is 2.06. The molecule has 2 aliphatic heterocycles. The zero-order chi connectivity index (χ0) is 23.9. The number of fused-ring (bicyclic) bond motifs is 1. The standard InChI is InChI=1S/C30H33NO2S/c1-29(2,3)26-21-33-30(4)25(20-27(32)31(26)30)28(22-14-8-5-9-15-22)34(23-16-10-6-11-17-23)24-18-12-7-13-19-24/h5-20,25-26,28H,21H2,1-4H3/p+1/t25-,26+,28+,30+/m0/s1. The molecule has 4 heteroatoms. The van der Waals surface area contributed by atoms with Crippen molar-refractivity contribution in [1.82, 2.24) is 4.90 Å². The van der Waals surface area contributed by atoms with Crippen molar-refractivity contribution in [3.05, 3.63) is 109 Å². The van der Waals surface area contributed by atoms with E-state index in [-0.39, 0.29) is 33.5 Å². The highest BCUT2D eigenvalue weighted by Crippen LogP contribution is 2.55. The van der Waals surface area contributed by atoms with Gasteiger partial charge in [0.2, 0.25) is 0 Å². The lowest BCUT2D eigenvalue weighted by Crippen LogP contribution is -2.50. The largest absolute Gasteiger partial charge is 0.495 e. The highest BCUT2D eigenvalue weighted by molar-refractivity contribution is 7.97. The summed E-state index contributed by atoms with van der Waals surface area (Å²) in [6.45, 7) is 9.44. The maximum absolute atomic E-state index is 11.3. The highest BCUT2D eigenvalue weighted by atomic mass is 32.2. The van der Waals surface area contributed by atoms with Gasteiger partial charge in [-0.2, -0.15) is 0 Å². The van der Waals surface area contributed by atoms with Gasteiger partial charge in [0, 0.05) is 5.56 Å². The Balaban J connectivity index is 1.69. The monoisotopic (exact) mass is 472 g/mol. The predicted octanol–water partition coefficient (Wildman–Crippen LogP) is 6.96. The SMILES string of the molecule is CC(C)(C)[C@H]1CO[C@]2(C)[C@H]([C@@H](c3ccccc3)[S+](c3ccccc3)c3ccccc3)C=C(O)N12. The summed E-state index contributed by atoms with van der Waals surface area (Å²) in [5.74, 6) is 0.321. The van der Waals surface area contributed by atoms with Gasteiger partial charge in [0.1, 0.15) is 0 Å². The van der Waals surface area contributed by atoms with E-state index in [0.717, 1.165) is 0 Å². The summed E-state index contributed by atoms with van der Waals surface area (Å²) in [7, 11) is -0.275. The molecule has 34 heavy (non-hydrogen) atoms. The van der Waals surface area contributed by atoms with Gasteiger partial charge in [-0.15, -0.1) is 0 Å². The molecule has 2 aliphatic rings. The van der Waals surface area contributed by atoms with Gasteiger partial charge in [0.25, 0.3) is 0 Å². The van der Waals surface area contributed by atoms with Gasteiger partial charge >= 0.3 is 0 Å². The van der Waals surface area contributed by atoms with Crippen LogP contribution in [0.4, 0.5) is 0 Å². The number of nitrogens with zero attached hydrogens (tertiary/aromatic N) is 1. The van der Waals surface area contributed by atoms with Gasteiger partial charge in [-0.25, -0.2) is 0 Å². The first-order valence-electron chi connectivity index (χ1n) is 12.0. The second kappa shape index (κ2) is 8.83. The smallest absolute Gasteiger partial charge is 0.185 e. The number of rotatable bonds is 5. The van der Waals surface area contributed by atoms with Crippen LogP contribution in [-0.4, -0.2) is 28.4 Å². The lowest BCUT2D eigenvalue weighted by Gasteiger charge is -2.41. The number of aliphatic hydroxyl groups is 1. The van der Waals surface area contributed by atoms with E-state index in [4.69, 9.17) is 4.74 Å². The molecule has 1 N–H and O–H groups in total. The Labute approximate surface area is 206 Å². The molecule has 0 aliphatic carbocycles. The van der Waals surface area contributed by atoms with E-state index in [1.165, 1.54) is 15.4 Å². The Morgan fingerprint density at radius 3 is 1.88 bits per heavy atom. The normalized spacial score (nSPS) is 25.3. The fourth-order valence-corrected chi connectivity index (χ4v) is 8.26. The van der Waals surface area contributed by atoms with Crippen LogP contribution in [0.15, 0.2) is 113 Å². The van der Waals surface area contributed by atoms with E-state index in [1.807, 2.05) is 0 Å². The van der Waals surface area contributed by atoms with E-state index >= 15 is 0 Å². The lowest BCUT2D eigenvalue weighted by atomic mass is 9.85. The third kappa shape index (κ3) is 3.93. The fourth-order valence-electron chi connectivity index (χ4n) is 5.44. The molecule has 3 aromatic carbocycles. The van der Waals surface area contributed by atoms with Crippen molar-refractivity contribution in [2.45, 2.75) is 54.5 Å². The molecule has 1 saturated heterocycles. The first-order valence-corrected chi connectivity index (χ1v) is 13.3. The minimum atomic E-state index is -0.614. The molecule has 4 atom stereocenters. The third-order valence-electron chi connectivity index (χ3n) is 7.22. The minimum absolute atomic E-state index is 0.0166. The minimum Gasteiger partial charge on any atom is -0.495 e. The van der Waals surface area contributed by atoms with Crippen molar-refractivity contribution < 1.29 is 9.84 Å². The van der Waals surface area contributed by atoms with Crippen LogP contribution in [0.1, 0.15) is 38.5 Å². The molecular formula is C30H34NO2S+. The van der Waals surface area contributed by atoms with Crippen molar-refractivity contribution in [1.29, 1.82) is 0 Å². The molecule has 0 spiro atoms. The molecule has 2 heterocycles. The van der Waals surface area contributed by atoms with Crippen molar-refractivity contribution in [3.63, 3.8) is 0 Å². The van der Waals surface area contributed by atoms with Crippen LogP contribution in [-0.2, 0) is 15.6 Å². The van der Waals surface area contributed by atoms with Crippen LogP contribution in [0.5, 0.6) is 0 Å². The summed E-state index contributed by atoms with van der Waals surface area (Å²) in [6, 6.07) is 32.5. The lowest BCUT2D eigenvalue weighted by molar-refractivity contribution is -0.0869. The van der Waals surface area contributed by atoms with Gasteiger partial charge in [0.05, 0.1) is 29.5 Å². The number of benzene rings is 3. The molecule has 0 unspecified atom stereocenters. The van der Waals surface area contributed by atoms with Crippen molar-refractivity contribution in [2.24, 2.45) is 11.3 Å². The molecule has 0 saturated carbocycles. The van der Waals surface area contributed by atoms with Gasteiger partial charge in [-0.1, -0.05) is 87.5 Å². The highest BCUT2D eigenvalue weighted by Gasteiger charge is 2.62. The van der Waals surface area contributed by atoms with Crippen molar-refractivity contribution >= 4 is 10.9 Å². The quantitative estimate of drug-likeness (QED) is 0.408. The molecular weight excluding hydrogens is 438 g/mol. The van der Waals surface area contributed by atoms with Gasteiger partial charge < -0.3 is 14.7 Å². The van der Waals surface area contributed by atoms with Crippen LogP contribution in [0.3, 0.4) is 0 Å². The number of aliphatic hydroxyl groups excluding tert-OH is 1. The molecule has 176 valence electrons. The number of hydrogen-bond acceptors (Lipinski definition) is 3. The van der Waals surface area contributed by atoms with E-state index in [0.29, 0.717) is 12.5 Å². The third-order valence-corrected chi connectivity index (χ3v) is 9.85. The van der Waals surface area contributed by atoms with Gasteiger partial charge in [-0.3, -0.25) is 0 Å². The van der Waals surface area contributed by atoms with Crippen LogP contribution in [0.25, 0.3) is 0 Å².